The molecule has 9 heteroatoms. The Labute approximate surface area is 191 Å². The lowest BCUT2D eigenvalue weighted by atomic mass is 10.1. The van der Waals surface area contributed by atoms with Crippen LogP contribution in [0.1, 0.15) is 24.7 Å². The molecule has 3 rings (SSSR count). The summed E-state index contributed by atoms with van der Waals surface area (Å²) in [4.78, 5) is 21.4. The number of halogens is 2. The molecule has 1 aromatic heterocycles. The maximum Gasteiger partial charge on any atom is 0.250 e. The Hall–Kier alpha value is -2.65. The number of hydrogen-bond donors (Lipinski definition) is 1. The first-order valence-corrected chi connectivity index (χ1v) is 11.6. The summed E-state index contributed by atoms with van der Waals surface area (Å²) < 4.78 is 29.7. The van der Waals surface area contributed by atoms with Gasteiger partial charge < -0.3 is 10.2 Å². The minimum Gasteiger partial charge on any atom is -0.351 e. The molecule has 0 radical (unpaired) electrons. The van der Waals surface area contributed by atoms with Gasteiger partial charge in [0.1, 0.15) is 11.6 Å². The van der Waals surface area contributed by atoms with Crippen LogP contribution in [-0.4, -0.2) is 66.1 Å². The molecule has 0 spiro atoms. The molecule has 1 fully saturated rings. The highest BCUT2D eigenvalue weighted by Gasteiger charge is 2.20. The Morgan fingerprint density at radius 1 is 1.22 bits per heavy atom. The number of piperazine rings is 1. The highest BCUT2D eigenvalue weighted by atomic mass is 32.1. The molecule has 1 aromatic carbocycles. The molecule has 0 bridgehead atoms. The smallest absolute Gasteiger partial charge is 0.250 e. The molecular formula is C23H29F2N5OS. The maximum atomic E-state index is 13.1. The average molecular weight is 462 g/mol. The van der Waals surface area contributed by atoms with Gasteiger partial charge in [0.25, 0.3) is 5.91 Å². The lowest BCUT2D eigenvalue weighted by Gasteiger charge is -2.34. The van der Waals surface area contributed by atoms with Crippen LogP contribution in [0.15, 0.2) is 48.1 Å². The highest BCUT2D eigenvalue weighted by Crippen LogP contribution is 2.20. The van der Waals surface area contributed by atoms with Gasteiger partial charge in [0, 0.05) is 62.8 Å². The molecule has 1 aliphatic heterocycles. The molecule has 0 unspecified atom stereocenters. The molecule has 172 valence electrons. The molecule has 2 aromatic rings. The van der Waals surface area contributed by atoms with Gasteiger partial charge in [0.2, 0.25) is 5.13 Å². The minimum absolute atomic E-state index is 0.135. The van der Waals surface area contributed by atoms with Gasteiger partial charge in [-0.1, -0.05) is 30.4 Å². The van der Waals surface area contributed by atoms with Crippen molar-refractivity contribution in [3.8, 4) is 0 Å². The summed E-state index contributed by atoms with van der Waals surface area (Å²) in [6.07, 6.45) is 5.98. The van der Waals surface area contributed by atoms with Gasteiger partial charge in [0.05, 0.1) is 6.67 Å². The lowest BCUT2D eigenvalue weighted by Crippen LogP contribution is -2.48. The van der Waals surface area contributed by atoms with Crippen molar-refractivity contribution in [1.82, 2.24) is 19.6 Å². The normalized spacial score (nSPS) is 15.5. The number of anilines is 1. The van der Waals surface area contributed by atoms with E-state index in [0.29, 0.717) is 25.0 Å². The van der Waals surface area contributed by atoms with Crippen molar-refractivity contribution in [3.63, 3.8) is 0 Å². The van der Waals surface area contributed by atoms with E-state index in [1.54, 1.807) is 37.3 Å². The number of carbonyl (C=O) groups is 1. The SMILES string of the molecule is C/C=C(\C=C/CCF)C(=O)NCCN1CCN(c2nc(Cc3ccc(F)cc3)ns2)CC1. The van der Waals surface area contributed by atoms with Gasteiger partial charge in [-0.2, -0.15) is 4.37 Å². The predicted molar refractivity (Wildman–Crippen MR) is 124 cm³/mol. The summed E-state index contributed by atoms with van der Waals surface area (Å²) in [6, 6.07) is 6.42. The molecule has 6 nitrogen and oxygen atoms in total. The molecule has 0 atom stereocenters. The topological polar surface area (TPSA) is 61.4 Å². The highest BCUT2D eigenvalue weighted by molar-refractivity contribution is 7.09. The summed E-state index contributed by atoms with van der Waals surface area (Å²) in [5.74, 6) is 0.372. The number of benzene rings is 1. The van der Waals surface area contributed by atoms with Gasteiger partial charge in [-0.15, -0.1) is 0 Å². The fourth-order valence-corrected chi connectivity index (χ4v) is 4.14. The maximum absolute atomic E-state index is 13.1. The summed E-state index contributed by atoms with van der Waals surface area (Å²) in [7, 11) is 0. The Morgan fingerprint density at radius 3 is 2.66 bits per heavy atom. The molecule has 1 aliphatic rings. The zero-order valence-electron chi connectivity index (χ0n) is 18.3. The van der Waals surface area contributed by atoms with Crippen molar-refractivity contribution < 1.29 is 13.6 Å². The Bertz CT molecular complexity index is 921. The molecule has 0 aliphatic carbocycles. The van der Waals surface area contributed by atoms with Crippen molar-refractivity contribution in [2.24, 2.45) is 0 Å². The summed E-state index contributed by atoms with van der Waals surface area (Å²) in [5, 5.41) is 3.84. The first kappa shape index (κ1) is 24.0. The zero-order chi connectivity index (χ0) is 22.8. The van der Waals surface area contributed by atoms with Gasteiger partial charge in [-0.05, 0) is 31.0 Å². The number of amides is 1. The number of allylic oxidation sites excluding steroid dienone is 2. The lowest BCUT2D eigenvalue weighted by molar-refractivity contribution is -0.117. The van der Waals surface area contributed by atoms with Crippen LogP contribution in [0.4, 0.5) is 13.9 Å². The third kappa shape index (κ3) is 7.20. The summed E-state index contributed by atoms with van der Waals surface area (Å²) in [5.41, 5.74) is 1.54. The van der Waals surface area contributed by atoms with Crippen LogP contribution in [0.25, 0.3) is 0 Å². The van der Waals surface area contributed by atoms with Crippen molar-refractivity contribution in [2.45, 2.75) is 19.8 Å². The quantitative estimate of drug-likeness (QED) is 0.434. The number of aromatic nitrogens is 2. The molecule has 32 heavy (non-hydrogen) atoms. The molecular weight excluding hydrogens is 432 g/mol. The number of rotatable bonds is 10. The van der Waals surface area contributed by atoms with Crippen molar-refractivity contribution in [3.05, 3.63) is 65.3 Å². The summed E-state index contributed by atoms with van der Waals surface area (Å²) >= 11 is 1.39. The van der Waals surface area contributed by atoms with E-state index in [1.165, 1.54) is 23.7 Å². The third-order valence-electron chi connectivity index (χ3n) is 5.24. The van der Waals surface area contributed by atoms with Crippen LogP contribution >= 0.6 is 11.5 Å². The first-order valence-electron chi connectivity index (χ1n) is 10.8. The van der Waals surface area contributed by atoms with E-state index in [2.05, 4.69) is 24.5 Å². The van der Waals surface area contributed by atoms with Crippen LogP contribution in [0, 0.1) is 5.82 Å². The van der Waals surface area contributed by atoms with Crippen LogP contribution in [0.3, 0.4) is 0 Å². The largest absolute Gasteiger partial charge is 0.351 e. The van der Waals surface area contributed by atoms with E-state index in [9.17, 15) is 13.6 Å². The molecule has 1 amide bonds. The zero-order valence-corrected chi connectivity index (χ0v) is 19.1. The minimum atomic E-state index is -0.423. The van der Waals surface area contributed by atoms with Gasteiger partial charge in [-0.3, -0.25) is 14.1 Å². The van der Waals surface area contributed by atoms with Gasteiger partial charge in [0.15, 0.2) is 0 Å². The van der Waals surface area contributed by atoms with Gasteiger partial charge in [-0.25, -0.2) is 9.37 Å². The van der Waals surface area contributed by atoms with E-state index in [-0.39, 0.29) is 11.7 Å². The second kappa shape index (κ2) is 12.4. The standard InChI is InChI=1S/C23H29F2N5OS/c1-2-19(5-3-4-10-24)22(31)26-11-12-29-13-15-30(16-14-29)23-27-21(28-32-23)17-18-6-8-20(25)9-7-18/h2-3,5-9H,4,10-17H2,1H3,(H,26,31)/b5-3-,19-2+. The van der Waals surface area contributed by atoms with Gasteiger partial charge >= 0.3 is 0 Å². The molecule has 1 saturated heterocycles. The average Bonchev–Trinajstić information content (AvgIpc) is 3.27. The number of nitrogens with one attached hydrogen (secondary N) is 1. The number of carbonyl (C=O) groups excluding carboxylic acids is 1. The predicted octanol–water partition coefficient (Wildman–Crippen LogP) is 3.37. The second-order valence-corrected chi connectivity index (χ2v) is 8.24. The van der Waals surface area contributed by atoms with E-state index >= 15 is 0 Å². The molecule has 2 heterocycles. The molecule has 1 N–H and O–H groups in total. The Kier molecular flexibility index (Phi) is 9.30. The molecule has 0 saturated carbocycles. The van der Waals surface area contributed by atoms with Crippen molar-refractivity contribution in [1.29, 1.82) is 0 Å². The van der Waals surface area contributed by atoms with Crippen molar-refractivity contribution in [2.75, 3.05) is 50.8 Å². The van der Waals surface area contributed by atoms with Crippen LogP contribution in [0.2, 0.25) is 0 Å². The first-order chi connectivity index (χ1) is 15.6. The number of alkyl halides is 1. The fourth-order valence-electron chi connectivity index (χ4n) is 3.40. The van der Waals surface area contributed by atoms with E-state index in [0.717, 1.165) is 49.2 Å². The second-order valence-electron chi connectivity index (χ2n) is 7.51. The number of hydrogen-bond acceptors (Lipinski definition) is 6. The third-order valence-corrected chi connectivity index (χ3v) is 6.05. The Morgan fingerprint density at radius 2 is 1.97 bits per heavy atom. The van der Waals surface area contributed by atoms with E-state index in [1.807, 2.05) is 0 Å². The van der Waals surface area contributed by atoms with E-state index in [4.69, 9.17) is 0 Å². The monoisotopic (exact) mass is 461 g/mol. The van der Waals surface area contributed by atoms with Crippen LogP contribution < -0.4 is 10.2 Å². The van der Waals surface area contributed by atoms with Crippen LogP contribution in [0.5, 0.6) is 0 Å². The Balaban J connectivity index is 1.39. The fraction of sp³-hybridized carbons (Fsp3) is 0.435. The van der Waals surface area contributed by atoms with Crippen LogP contribution in [-0.2, 0) is 11.2 Å². The summed E-state index contributed by atoms with van der Waals surface area (Å²) in [6.45, 7) is 6.19. The number of nitrogens with zero attached hydrogens (tertiary/aromatic N) is 4. The van der Waals surface area contributed by atoms with Crippen molar-refractivity contribution >= 4 is 22.6 Å². The van der Waals surface area contributed by atoms with E-state index < -0.39 is 6.67 Å².